The lowest BCUT2D eigenvalue weighted by molar-refractivity contribution is -0.0485. The number of hydrogen-bond acceptors (Lipinski definition) is 2. The van der Waals surface area contributed by atoms with Gasteiger partial charge in [-0.25, -0.2) is 0 Å². The van der Waals surface area contributed by atoms with Gasteiger partial charge < -0.3 is 10.1 Å². The number of rotatable bonds is 3. The molecule has 1 aliphatic heterocycles. The minimum atomic E-state index is 0.320. The standard InChI is InChI=1S/C17H31NO/c1-13-5-6-16(18-2)14(11-13)12-15-7-10-17(19-15)8-3-4-9-17/h13-16,18H,3-12H2,1-2H3. The predicted molar refractivity (Wildman–Crippen MR) is 79.3 cm³/mol. The Morgan fingerprint density at radius 1 is 1.11 bits per heavy atom. The van der Waals surface area contributed by atoms with Gasteiger partial charge in [0.1, 0.15) is 0 Å². The minimum Gasteiger partial charge on any atom is -0.372 e. The molecule has 110 valence electrons. The summed E-state index contributed by atoms with van der Waals surface area (Å²) in [6, 6.07) is 0.736. The summed E-state index contributed by atoms with van der Waals surface area (Å²) in [5, 5.41) is 3.55. The topological polar surface area (TPSA) is 21.3 Å². The van der Waals surface area contributed by atoms with Crippen LogP contribution in [0.25, 0.3) is 0 Å². The molecule has 0 amide bonds. The Morgan fingerprint density at radius 2 is 1.89 bits per heavy atom. The van der Waals surface area contributed by atoms with Crippen LogP contribution in [-0.4, -0.2) is 24.8 Å². The first-order valence-corrected chi connectivity index (χ1v) is 8.56. The molecule has 0 radical (unpaired) electrons. The van der Waals surface area contributed by atoms with Crippen molar-refractivity contribution in [2.45, 2.75) is 88.9 Å². The third kappa shape index (κ3) is 3.00. The molecule has 0 aromatic carbocycles. The normalized spacial score (nSPS) is 42.0. The molecule has 2 heteroatoms. The SMILES string of the molecule is CNC1CCC(C)CC1CC1CCC2(CCCC2)O1. The van der Waals surface area contributed by atoms with Crippen LogP contribution in [0.4, 0.5) is 0 Å². The van der Waals surface area contributed by atoms with Gasteiger partial charge in [0.2, 0.25) is 0 Å². The quantitative estimate of drug-likeness (QED) is 0.836. The molecule has 2 aliphatic carbocycles. The molecule has 4 unspecified atom stereocenters. The lowest BCUT2D eigenvalue weighted by atomic mass is 9.76. The van der Waals surface area contributed by atoms with E-state index in [1.54, 1.807) is 0 Å². The molecule has 4 atom stereocenters. The van der Waals surface area contributed by atoms with Crippen molar-refractivity contribution in [3.05, 3.63) is 0 Å². The maximum absolute atomic E-state index is 6.51. The van der Waals surface area contributed by atoms with E-state index in [-0.39, 0.29) is 0 Å². The van der Waals surface area contributed by atoms with Crippen molar-refractivity contribution in [3.8, 4) is 0 Å². The molecule has 1 saturated heterocycles. The Balaban J connectivity index is 1.55. The van der Waals surface area contributed by atoms with Gasteiger partial charge in [0.25, 0.3) is 0 Å². The average Bonchev–Trinajstić information content (AvgIpc) is 3.01. The van der Waals surface area contributed by atoms with Crippen LogP contribution in [0.2, 0.25) is 0 Å². The number of nitrogens with one attached hydrogen (secondary N) is 1. The summed E-state index contributed by atoms with van der Waals surface area (Å²) in [6.45, 7) is 2.42. The van der Waals surface area contributed by atoms with Gasteiger partial charge in [-0.3, -0.25) is 0 Å². The Hall–Kier alpha value is -0.0800. The van der Waals surface area contributed by atoms with E-state index in [2.05, 4.69) is 19.3 Å². The Bertz CT molecular complexity index is 298. The molecular formula is C17H31NO. The molecule has 1 heterocycles. The van der Waals surface area contributed by atoms with E-state index in [0.717, 1.165) is 17.9 Å². The highest BCUT2D eigenvalue weighted by Gasteiger charge is 2.43. The summed E-state index contributed by atoms with van der Waals surface area (Å²) in [5.74, 6) is 1.76. The van der Waals surface area contributed by atoms with E-state index in [1.807, 2.05) is 0 Å². The highest BCUT2D eigenvalue weighted by Crippen LogP contribution is 2.45. The van der Waals surface area contributed by atoms with Crippen LogP contribution in [0.5, 0.6) is 0 Å². The van der Waals surface area contributed by atoms with Crippen molar-refractivity contribution in [3.63, 3.8) is 0 Å². The lowest BCUT2D eigenvalue weighted by Gasteiger charge is -2.36. The van der Waals surface area contributed by atoms with Crippen LogP contribution in [0, 0.1) is 11.8 Å². The Morgan fingerprint density at radius 3 is 2.63 bits per heavy atom. The minimum absolute atomic E-state index is 0.320. The van der Waals surface area contributed by atoms with Crippen molar-refractivity contribution in [1.82, 2.24) is 5.32 Å². The zero-order chi connectivity index (χ0) is 13.3. The molecule has 2 nitrogen and oxygen atoms in total. The van der Waals surface area contributed by atoms with E-state index in [9.17, 15) is 0 Å². The molecule has 1 N–H and O–H groups in total. The van der Waals surface area contributed by atoms with Crippen LogP contribution in [-0.2, 0) is 4.74 Å². The van der Waals surface area contributed by atoms with Crippen molar-refractivity contribution < 1.29 is 4.74 Å². The second-order valence-electron chi connectivity index (χ2n) is 7.48. The molecule has 3 aliphatic rings. The predicted octanol–water partition coefficient (Wildman–Crippen LogP) is 3.89. The van der Waals surface area contributed by atoms with E-state index in [4.69, 9.17) is 4.74 Å². The second-order valence-corrected chi connectivity index (χ2v) is 7.48. The van der Waals surface area contributed by atoms with Crippen molar-refractivity contribution in [2.24, 2.45) is 11.8 Å². The van der Waals surface area contributed by atoms with Gasteiger partial charge in [0.05, 0.1) is 11.7 Å². The molecule has 19 heavy (non-hydrogen) atoms. The smallest absolute Gasteiger partial charge is 0.0687 e. The van der Waals surface area contributed by atoms with Crippen molar-refractivity contribution >= 4 is 0 Å². The van der Waals surface area contributed by atoms with Crippen molar-refractivity contribution in [1.29, 1.82) is 0 Å². The van der Waals surface area contributed by atoms with Gasteiger partial charge in [-0.05, 0) is 70.3 Å². The van der Waals surface area contributed by atoms with Crippen LogP contribution >= 0.6 is 0 Å². The van der Waals surface area contributed by atoms with Crippen LogP contribution in [0.15, 0.2) is 0 Å². The van der Waals surface area contributed by atoms with E-state index in [1.165, 1.54) is 64.2 Å². The lowest BCUT2D eigenvalue weighted by Crippen LogP contribution is -2.40. The third-order valence-corrected chi connectivity index (χ3v) is 6.03. The fraction of sp³-hybridized carbons (Fsp3) is 1.00. The fourth-order valence-corrected chi connectivity index (χ4v) is 4.93. The van der Waals surface area contributed by atoms with Crippen molar-refractivity contribution in [2.75, 3.05) is 7.05 Å². The van der Waals surface area contributed by atoms with Gasteiger partial charge in [-0.15, -0.1) is 0 Å². The first-order chi connectivity index (χ1) is 9.21. The summed E-state index contributed by atoms with van der Waals surface area (Å²) in [6.07, 6.45) is 14.1. The van der Waals surface area contributed by atoms with Gasteiger partial charge in [0.15, 0.2) is 0 Å². The van der Waals surface area contributed by atoms with E-state index < -0.39 is 0 Å². The summed E-state index contributed by atoms with van der Waals surface area (Å²) >= 11 is 0. The van der Waals surface area contributed by atoms with E-state index in [0.29, 0.717) is 11.7 Å². The molecule has 1 spiro atoms. The molecular weight excluding hydrogens is 234 g/mol. The highest BCUT2D eigenvalue weighted by atomic mass is 16.5. The number of hydrogen-bond donors (Lipinski definition) is 1. The second kappa shape index (κ2) is 5.73. The zero-order valence-corrected chi connectivity index (χ0v) is 12.8. The maximum Gasteiger partial charge on any atom is 0.0687 e. The third-order valence-electron chi connectivity index (χ3n) is 6.03. The first kappa shape index (κ1) is 13.9. The maximum atomic E-state index is 6.51. The summed E-state index contributed by atoms with van der Waals surface area (Å²) in [4.78, 5) is 0. The summed E-state index contributed by atoms with van der Waals surface area (Å²) in [7, 11) is 2.14. The highest BCUT2D eigenvalue weighted by molar-refractivity contribution is 4.94. The van der Waals surface area contributed by atoms with Gasteiger partial charge in [-0.2, -0.15) is 0 Å². The van der Waals surface area contributed by atoms with E-state index >= 15 is 0 Å². The number of ether oxygens (including phenoxy) is 1. The Labute approximate surface area is 118 Å². The zero-order valence-electron chi connectivity index (χ0n) is 12.8. The monoisotopic (exact) mass is 265 g/mol. The summed E-state index contributed by atoms with van der Waals surface area (Å²) < 4.78 is 6.51. The molecule has 0 aromatic heterocycles. The average molecular weight is 265 g/mol. The largest absolute Gasteiger partial charge is 0.372 e. The van der Waals surface area contributed by atoms with Gasteiger partial charge in [-0.1, -0.05) is 19.8 Å². The fourth-order valence-electron chi connectivity index (χ4n) is 4.93. The Kier molecular flexibility index (Phi) is 4.19. The summed E-state index contributed by atoms with van der Waals surface area (Å²) in [5.41, 5.74) is 0.320. The van der Waals surface area contributed by atoms with Gasteiger partial charge >= 0.3 is 0 Å². The van der Waals surface area contributed by atoms with Crippen LogP contribution < -0.4 is 5.32 Å². The van der Waals surface area contributed by atoms with Gasteiger partial charge in [0, 0.05) is 6.04 Å². The molecule has 3 rings (SSSR count). The molecule has 0 aromatic rings. The first-order valence-electron chi connectivity index (χ1n) is 8.56. The molecule has 0 bridgehead atoms. The molecule has 3 fully saturated rings. The van der Waals surface area contributed by atoms with Crippen LogP contribution in [0.3, 0.4) is 0 Å². The van der Waals surface area contributed by atoms with Crippen LogP contribution in [0.1, 0.15) is 71.1 Å². The molecule has 2 saturated carbocycles.